The van der Waals surface area contributed by atoms with Gasteiger partial charge in [-0.2, -0.15) is 11.3 Å². The van der Waals surface area contributed by atoms with Crippen molar-refractivity contribution in [1.29, 1.82) is 0 Å². The summed E-state index contributed by atoms with van der Waals surface area (Å²) in [6.07, 6.45) is 2.56. The second-order valence-electron chi connectivity index (χ2n) is 4.56. The van der Waals surface area contributed by atoms with E-state index in [1.165, 1.54) is 5.56 Å². The second kappa shape index (κ2) is 6.79. The van der Waals surface area contributed by atoms with Crippen LogP contribution in [0.3, 0.4) is 0 Å². The number of carbonyl (C=O) groups is 1. The Balaban J connectivity index is 2.04. The molecule has 0 spiro atoms. The van der Waals surface area contributed by atoms with Crippen LogP contribution in [0.5, 0.6) is 0 Å². The highest BCUT2D eigenvalue weighted by Crippen LogP contribution is 2.21. The first-order valence-corrected chi connectivity index (χ1v) is 7.82. The lowest BCUT2D eigenvalue weighted by Gasteiger charge is -2.17. The van der Waals surface area contributed by atoms with Crippen molar-refractivity contribution < 1.29 is 4.79 Å². The van der Waals surface area contributed by atoms with Gasteiger partial charge in [0, 0.05) is 18.0 Å². The maximum absolute atomic E-state index is 11.9. The number of carbonyl (C=O) groups excluding carboxylic acids is 1. The van der Waals surface area contributed by atoms with Crippen LogP contribution in [0.4, 0.5) is 0 Å². The molecule has 0 bridgehead atoms. The molecule has 0 aliphatic carbocycles. The summed E-state index contributed by atoms with van der Waals surface area (Å²) in [5.41, 5.74) is 1.23. The molecular weight excluding hydrogens is 278 g/mol. The van der Waals surface area contributed by atoms with Gasteiger partial charge < -0.3 is 10.2 Å². The van der Waals surface area contributed by atoms with Crippen LogP contribution in [-0.2, 0) is 11.2 Å². The van der Waals surface area contributed by atoms with Gasteiger partial charge in [0.15, 0.2) is 0 Å². The Morgan fingerprint density at radius 2 is 2.32 bits per heavy atom. The zero-order chi connectivity index (χ0) is 13.7. The van der Waals surface area contributed by atoms with E-state index in [-0.39, 0.29) is 11.9 Å². The zero-order valence-electron chi connectivity index (χ0n) is 11.0. The smallest absolute Gasteiger partial charge is 0.234 e. The van der Waals surface area contributed by atoms with Crippen LogP contribution in [-0.4, -0.2) is 36.4 Å². The second-order valence-corrected chi connectivity index (χ2v) is 6.27. The number of thiazole rings is 1. The van der Waals surface area contributed by atoms with Crippen molar-refractivity contribution in [3.8, 4) is 0 Å². The standard InChI is InChI=1S/C13H17N3OS2/c1-16(2)8-12(17)15-11(13-14-4-6-19-13)7-10-3-5-18-9-10/h3-6,9,11H,7-8H2,1-2H3,(H,15,17)/t11-/m0/s1. The van der Waals surface area contributed by atoms with Crippen molar-refractivity contribution in [2.75, 3.05) is 20.6 Å². The van der Waals surface area contributed by atoms with E-state index >= 15 is 0 Å². The van der Waals surface area contributed by atoms with Gasteiger partial charge in [-0.25, -0.2) is 4.98 Å². The van der Waals surface area contributed by atoms with Crippen LogP contribution in [0.25, 0.3) is 0 Å². The van der Waals surface area contributed by atoms with E-state index in [1.807, 2.05) is 24.4 Å². The molecule has 1 amide bonds. The molecule has 0 saturated carbocycles. The number of nitrogens with zero attached hydrogens (tertiary/aromatic N) is 2. The molecule has 0 aromatic carbocycles. The van der Waals surface area contributed by atoms with Crippen molar-refractivity contribution >= 4 is 28.6 Å². The molecule has 0 unspecified atom stereocenters. The van der Waals surface area contributed by atoms with E-state index in [1.54, 1.807) is 28.9 Å². The summed E-state index contributed by atoms with van der Waals surface area (Å²) in [6, 6.07) is 2.05. The fourth-order valence-electron chi connectivity index (χ4n) is 1.78. The Bertz CT molecular complexity index is 494. The van der Waals surface area contributed by atoms with Crippen LogP contribution in [0.2, 0.25) is 0 Å². The molecule has 0 saturated heterocycles. The van der Waals surface area contributed by atoms with E-state index in [0.29, 0.717) is 6.54 Å². The summed E-state index contributed by atoms with van der Waals surface area (Å²) < 4.78 is 0. The number of likely N-dealkylation sites (N-methyl/N-ethyl adjacent to an activating group) is 1. The lowest BCUT2D eigenvalue weighted by atomic mass is 10.1. The summed E-state index contributed by atoms with van der Waals surface area (Å²) in [6.45, 7) is 0.394. The summed E-state index contributed by atoms with van der Waals surface area (Å²) >= 11 is 3.25. The maximum atomic E-state index is 11.9. The molecule has 2 aromatic heterocycles. The number of hydrogen-bond acceptors (Lipinski definition) is 5. The monoisotopic (exact) mass is 295 g/mol. The number of thiophene rings is 1. The minimum Gasteiger partial charge on any atom is -0.345 e. The summed E-state index contributed by atoms with van der Waals surface area (Å²) in [7, 11) is 3.77. The predicted molar refractivity (Wildman–Crippen MR) is 79.6 cm³/mol. The van der Waals surface area contributed by atoms with Crippen LogP contribution in [0.15, 0.2) is 28.4 Å². The molecule has 6 heteroatoms. The van der Waals surface area contributed by atoms with Gasteiger partial charge in [0.1, 0.15) is 5.01 Å². The lowest BCUT2D eigenvalue weighted by Crippen LogP contribution is -2.36. The number of amides is 1. The van der Waals surface area contributed by atoms with Crippen LogP contribution >= 0.6 is 22.7 Å². The van der Waals surface area contributed by atoms with Crippen molar-refractivity contribution in [3.05, 3.63) is 39.0 Å². The normalized spacial score (nSPS) is 12.6. The molecule has 0 aliphatic rings. The average molecular weight is 295 g/mol. The highest BCUT2D eigenvalue weighted by atomic mass is 32.1. The Kier molecular flexibility index (Phi) is 5.07. The van der Waals surface area contributed by atoms with Crippen molar-refractivity contribution in [2.45, 2.75) is 12.5 Å². The summed E-state index contributed by atoms with van der Waals surface area (Å²) in [5, 5.41) is 10.1. The largest absolute Gasteiger partial charge is 0.345 e. The Hall–Kier alpha value is -1.24. The molecule has 0 aliphatic heterocycles. The zero-order valence-corrected chi connectivity index (χ0v) is 12.6. The molecule has 19 heavy (non-hydrogen) atoms. The molecule has 1 N–H and O–H groups in total. The van der Waals surface area contributed by atoms with Gasteiger partial charge in [-0.1, -0.05) is 0 Å². The molecule has 102 valence electrons. The van der Waals surface area contributed by atoms with E-state index < -0.39 is 0 Å². The quantitative estimate of drug-likeness (QED) is 0.888. The molecule has 2 rings (SSSR count). The first kappa shape index (κ1) is 14.2. The molecule has 4 nitrogen and oxygen atoms in total. The minimum atomic E-state index is -0.0398. The van der Waals surface area contributed by atoms with Gasteiger partial charge in [0.25, 0.3) is 0 Å². The fraction of sp³-hybridized carbons (Fsp3) is 0.385. The van der Waals surface area contributed by atoms with E-state index in [0.717, 1.165) is 11.4 Å². The van der Waals surface area contributed by atoms with Gasteiger partial charge in [-0.05, 0) is 36.5 Å². The van der Waals surface area contributed by atoms with Crippen LogP contribution in [0.1, 0.15) is 16.6 Å². The minimum absolute atomic E-state index is 0.0282. The summed E-state index contributed by atoms with van der Waals surface area (Å²) in [4.78, 5) is 18.1. The number of nitrogens with one attached hydrogen (secondary N) is 1. The summed E-state index contributed by atoms with van der Waals surface area (Å²) in [5.74, 6) is 0.0282. The molecule has 0 fully saturated rings. The third-order valence-electron chi connectivity index (χ3n) is 2.56. The van der Waals surface area contributed by atoms with Gasteiger partial charge in [-0.15, -0.1) is 11.3 Å². The van der Waals surface area contributed by atoms with Crippen molar-refractivity contribution in [2.24, 2.45) is 0 Å². The highest BCUT2D eigenvalue weighted by molar-refractivity contribution is 7.09. The highest BCUT2D eigenvalue weighted by Gasteiger charge is 2.18. The Morgan fingerprint density at radius 3 is 2.89 bits per heavy atom. The topological polar surface area (TPSA) is 45.2 Å². The Morgan fingerprint density at radius 1 is 1.47 bits per heavy atom. The average Bonchev–Trinajstić information content (AvgIpc) is 2.99. The molecule has 2 heterocycles. The van der Waals surface area contributed by atoms with Gasteiger partial charge in [0.2, 0.25) is 5.91 Å². The Labute approximate surface area is 121 Å². The van der Waals surface area contributed by atoms with Crippen molar-refractivity contribution in [3.63, 3.8) is 0 Å². The van der Waals surface area contributed by atoms with Crippen LogP contribution < -0.4 is 5.32 Å². The van der Waals surface area contributed by atoms with E-state index in [4.69, 9.17) is 0 Å². The number of rotatable bonds is 6. The number of aromatic nitrogens is 1. The number of hydrogen-bond donors (Lipinski definition) is 1. The predicted octanol–water partition coefficient (Wildman–Crippen LogP) is 2.17. The lowest BCUT2D eigenvalue weighted by molar-refractivity contribution is -0.122. The third kappa shape index (κ3) is 4.41. The first-order chi connectivity index (χ1) is 9.15. The fourth-order valence-corrected chi connectivity index (χ4v) is 3.15. The van der Waals surface area contributed by atoms with E-state index in [2.05, 4.69) is 27.1 Å². The van der Waals surface area contributed by atoms with Gasteiger partial charge >= 0.3 is 0 Å². The van der Waals surface area contributed by atoms with Gasteiger partial charge in [0.05, 0.1) is 12.6 Å². The molecule has 0 radical (unpaired) electrons. The van der Waals surface area contributed by atoms with Crippen LogP contribution in [0, 0.1) is 0 Å². The molecule has 1 atom stereocenters. The van der Waals surface area contributed by atoms with Gasteiger partial charge in [-0.3, -0.25) is 4.79 Å². The molecular formula is C13H17N3OS2. The first-order valence-electron chi connectivity index (χ1n) is 5.99. The third-order valence-corrected chi connectivity index (χ3v) is 4.19. The SMILES string of the molecule is CN(C)CC(=O)N[C@@H](Cc1ccsc1)c1nccs1. The van der Waals surface area contributed by atoms with E-state index in [9.17, 15) is 4.79 Å². The maximum Gasteiger partial charge on any atom is 0.234 e. The van der Waals surface area contributed by atoms with Crippen molar-refractivity contribution in [1.82, 2.24) is 15.2 Å². The molecule has 2 aromatic rings.